The molecule has 0 N–H and O–H groups in total. The van der Waals surface area contributed by atoms with Gasteiger partial charge in [0.25, 0.3) is 0 Å². The minimum Gasteiger partial charge on any atom is 1.00 e. The average molecular weight is 730 g/mol. The monoisotopic (exact) mass is 730 g/mol. The van der Waals surface area contributed by atoms with Gasteiger partial charge in [0.05, 0.1) is 0 Å². The number of anilines is 1. The van der Waals surface area contributed by atoms with Gasteiger partial charge in [0, 0.05) is 0 Å². The summed E-state index contributed by atoms with van der Waals surface area (Å²) in [6, 6.07) is 18.5. The van der Waals surface area contributed by atoms with E-state index in [4.69, 9.17) is 0 Å². The molecule has 8 nitrogen and oxygen atoms in total. The van der Waals surface area contributed by atoms with Crippen LogP contribution in [0.3, 0.4) is 0 Å². The summed E-state index contributed by atoms with van der Waals surface area (Å²) in [7, 11) is -8.63. The number of hydrogen-bond acceptors (Lipinski definition) is 8. The van der Waals surface area contributed by atoms with Crippen LogP contribution in [0.1, 0.15) is 36.8 Å². The van der Waals surface area contributed by atoms with Crippen LogP contribution in [0, 0.1) is 6.92 Å². The minimum absolute atomic E-state index is 0. The quantitative estimate of drug-likeness (QED) is 0.128. The molecule has 0 atom stereocenters. The molecule has 1 aliphatic heterocycles. The molecule has 0 saturated heterocycles. The van der Waals surface area contributed by atoms with E-state index >= 15 is 0 Å². The van der Waals surface area contributed by atoms with Gasteiger partial charge in [-0.25, -0.2) is 0 Å². The van der Waals surface area contributed by atoms with Crippen molar-refractivity contribution in [2.24, 2.45) is 0 Å². The van der Waals surface area contributed by atoms with Crippen molar-refractivity contribution in [3.63, 3.8) is 0 Å². The Bertz CT molecular complexity index is 1940. The molecule has 2 heterocycles. The van der Waals surface area contributed by atoms with Crippen LogP contribution in [0.4, 0.5) is 5.69 Å². The molecule has 0 spiro atoms. The summed E-state index contributed by atoms with van der Waals surface area (Å²) < 4.78 is 73.5. The number of nitrogens with zero attached hydrogens (tertiary/aromatic N) is 2. The van der Waals surface area contributed by atoms with Crippen molar-refractivity contribution >= 4 is 83.7 Å². The molecule has 13 heteroatoms. The molecule has 4 aromatic rings. The topological polar surface area (TPSA) is 122 Å². The standard InChI is InChI=1S/C30H32N2O6S3Se.K/c1-3-22(20-29-31(14-6-16-40(33,34)35)25-18-21(2)10-13-27(25)42-29)19-28-32(15-7-17-41(36,37)38)30-24-9-5-4-8-23(24)11-12-26(30)39-28;/h4-5,8-13,18-20H,3,6-7,14-17H2,1-2H3,(H-,33,34,35,36,37,38);/q;+1/p-1. The fourth-order valence-corrected chi connectivity index (χ4v) is 9.66. The fraction of sp³-hybridized carbons (Fsp3) is 0.300. The Labute approximate surface area is 306 Å². The van der Waals surface area contributed by atoms with Gasteiger partial charge >= 0.3 is 310 Å². The molecule has 1 aliphatic rings. The molecule has 5 rings (SSSR count). The SMILES string of the molecule is CCC(=Cc1sc2ccc3ccccc3c2[n+]1CCCS(=O)(=O)[O-])C=C1[Se]c2ccc(C)cc2N1CCCS(=O)(=O)[O-].[K+]. The van der Waals surface area contributed by atoms with Gasteiger partial charge in [0.15, 0.2) is 0 Å². The summed E-state index contributed by atoms with van der Waals surface area (Å²) >= 11 is 1.63. The van der Waals surface area contributed by atoms with Crippen molar-refractivity contribution < 1.29 is 81.9 Å². The maximum atomic E-state index is 11.4. The third kappa shape index (κ3) is 8.87. The van der Waals surface area contributed by atoms with Gasteiger partial charge in [-0.2, -0.15) is 0 Å². The van der Waals surface area contributed by atoms with Crippen molar-refractivity contribution in [2.75, 3.05) is 23.0 Å². The molecule has 0 unspecified atom stereocenters. The van der Waals surface area contributed by atoms with Gasteiger partial charge in [0.2, 0.25) is 0 Å². The van der Waals surface area contributed by atoms with E-state index in [1.165, 1.54) is 4.46 Å². The van der Waals surface area contributed by atoms with E-state index in [0.29, 0.717) is 13.1 Å². The molecule has 1 aromatic heterocycles. The molecule has 0 bridgehead atoms. The van der Waals surface area contributed by atoms with Gasteiger partial charge in [0.1, 0.15) is 0 Å². The number of hydrogen-bond donors (Lipinski definition) is 0. The number of aromatic nitrogens is 1. The number of thiazole rings is 1. The maximum absolute atomic E-state index is 11.4. The van der Waals surface area contributed by atoms with Crippen LogP contribution in [0.25, 0.3) is 27.1 Å². The molecule has 0 radical (unpaired) electrons. The van der Waals surface area contributed by atoms with Crippen LogP contribution in [-0.4, -0.2) is 58.9 Å². The van der Waals surface area contributed by atoms with Crippen LogP contribution < -0.4 is 65.3 Å². The largest absolute Gasteiger partial charge is 1.00 e. The summed E-state index contributed by atoms with van der Waals surface area (Å²) in [5, 5.41) is 3.11. The maximum Gasteiger partial charge on any atom is 1.00 e. The Hall–Kier alpha value is -0.934. The van der Waals surface area contributed by atoms with Crippen LogP contribution in [0.5, 0.6) is 0 Å². The minimum atomic E-state index is -4.33. The predicted molar refractivity (Wildman–Crippen MR) is 168 cm³/mol. The van der Waals surface area contributed by atoms with Crippen molar-refractivity contribution in [1.82, 2.24) is 0 Å². The third-order valence-corrected chi connectivity index (χ3v) is 12.1. The van der Waals surface area contributed by atoms with Crippen LogP contribution >= 0.6 is 11.3 Å². The third-order valence-electron chi connectivity index (χ3n) is 7.08. The van der Waals surface area contributed by atoms with E-state index < -0.39 is 31.7 Å². The van der Waals surface area contributed by atoms with E-state index in [0.717, 1.165) is 53.8 Å². The van der Waals surface area contributed by atoms with E-state index in [2.05, 4.69) is 64.9 Å². The first-order valence-corrected chi connectivity index (χ1v) is 19.3. The zero-order valence-corrected chi connectivity index (χ0v) is 31.6. The fourth-order valence-electron chi connectivity index (χ4n) is 5.11. The smallest absolute Gasteiger partial charge is 1.00 e. The summed E-state index contributed by atoms with van der Waals surface area (Å²) in [6.45, 7) is 4.92. The van der Waals surface area contributed by atoms with Gasteiger partial charge in [-0.3, -0.25) is 0 Å². The summed E-state index contributed by atoms with van der Waals surface area (Å²) in [5.74, 6) is -0.833. The number of allylic oxidation sites excluding steroid dienone is 2. The van der Waals surface area contributed by atoms with Gasteiger partial charge in [-0.05, 0) is 0 Å². The molecule has 222 valence electrons. The first-order valence-electron chi connectivity index (χ1n) is 13.6. The Morgan fingerprint density at radius 3 is 2.44 bits per heavy atom. The molecule has 0 aliphatic carbocycles. The van der Waals surface area contributed by atoms with E-state index in [1.54, 1.807) is 11.3 Å². The second-order valence-electron chi connectivity index (χ2n) is 10.2. The van der Waals surface area contributed by atoms with Crippen molar-refractivity contribution in [3.05, 3.63) is 81.4 Å². The zero-order valence-electron chi connectivity index (χ0n) is 24.3. The van der Waals surface area contributed by atoms with E-state index in [9.17, 15) is 25.9 Å². The first-order chi connectivity index (χ1) is 19.9. The second kappa shape index (κ2) is 14.7. The van der Waals surface area contributed by atoms with Crippen LogP contribution in [-0.2, 0) is 26.8 Å². The number of rotatable bonds is 11. The number of fused-ring (bicyclic) bond motifs is 4. The predicted octanol–water partition coefficient (Wildman–Crippen LogP) is 1.01. The Balaban J connectivity index is 0.00000423. The van der Waals surface area contributed by atoms with Gasteiger partial charge in [-0.1, -0.05) is 0 Å². The Morgan fingerprint density at radius 1 is 1.00 bits per heavy atom. The van der Waals surface area contributed by atoms with Gasteiger partial charge < -0.3 is 0 Å². The Morgan fingerprint density at radius 2 is 1.72 bits per heavy atom. The number of benzene rings is 3. The number of aryl methyl sites for hydroxylation is 2. The molecular formula is C30H31KN2O6S3Se. The summed E-state index contributed by atoms with van der Waals surface area (Å²) in [5.41, 5.74) is 4.25. The first kappa shape index (κ1) is 34.9. The van der Waals surface area contributed by atoms with Crippen molar-refractivity contribution in [2.45, 2.75) is 39.7 Å². The van der Waals surface area contributed by atoms with Crippen LogP contribution in [0.2, 0.25) is 0 Å². The molecule has 0 saturated carbocycles. The molecular weight excluding hydrogens is 699 g/mol. The average Bonchev–Trinajstić information content (AvgIpc) is 3.44. The molecule has 0 fully saturated rings. The van der Waals surface area contributed by atoms with Gasteiger partial charge in [-0.15, -0.1) is 0 Å². The summed E-state index contributed by atoms with van der Waals surface area (Å²) in [4.78, 5) is 2.14. The summed E-state index contributed by atoms with van der Waals surface area (Å²) in [6.07, 6.45) is 5.48. The second-order valence-corrected chi connectivity index (χ2v) is 16.6. The normalized spacial score (nSPS) is 14.9. The molecule has 0 amide bonds. The molecule has 43 heavy (non-hydrogen) atoms. The van der Waals surface area contributed by atoms with Crippen LogP contribution in [0.15, 0.2) is 70.8 Å². The van der Waals surface area contributed by atoms with Crippen molar-refractivity contribution in [1.29, 1.82) is 0 Å². The molecule has 3 aromatic carbocycles. The van der Waals surface area contributed by atoms with E-state index in [1.807, 2.05) is 25.1 Å². The van der Waals surface area contributed by atoms with Crippen molar-refractivity contribution in [3.8, 4) is 0 Å². The van der Waals surface area contributed by atoms with E-state index in [-0.39, 0.29) is 79.2 Å². The Kier molecular flexibility index (Phi) is 11.9. The zero-order chi connectivity index (χ0) is 30.1.